The Kier molecular flexibility index (Phi) is 8.06. The van der Waals surface area contributed by atoms with Crippen molar-refractivity contribution in [2.24, 2.45) is 5.92 Å². The van der Waals surface area contributed by atoms with Crippen LogP contribution in [0.5, 0.6) is 5.75 Å². The molecule has 0 amide bonds. The van der Waals surface area contributed by atoms with Gasteiger partial charge in [0.05, 0.1) is 17.9 Å². The molecule has 0 saturated heterocycles. The second-order valence-electron chi connectivity index (χ2n) is 10.6. The molecule has 0 radical (unpaired) electrons. The number of hydrogen-bond acceptors (Lipinski definition) is 4. The van der Waals surface area contributed by atoms with Crippen LogP contribution in [0.25, 0.3) is 5.57 Å². The van der Waals surface area contributed by atoms with E-state index in [1.54, 1.807) is 0 Å². The zero-order valence-electron chi connectivity index (χ0n) is 23.0. The normalized spacial score (nSPS) is 14.1. The van der Waals surface area contributed by atoms with Gasteiger partial charge in [0, 0.05) is 12.2 Å². The molecule has 0 unspecified atom stereocenters. The molecule has 4 rings (SSSR count). The van der Waals surface area contributed by atoms with Crippen LogP contribution in [0.1, 0.15) is 75.0 Å². The predicted octanol–water partition coefficient (Wildman–Crippen LogP) is 8.32. The second-order valence-corrected chi connectivity index (χ2v) is 10.6. The topological polar surface area (TPSA) is 38.8 Å². The molecule has 0 bridgehead atoms. The molecule has 0 aliphatic heterocycles. The number of ether oxygens (including phenoxy) is 2. The fraction of sp³-hybridized carbons (Fsp3) is 0.364. The molecular weight excluding hydrogens is 458 g/mol. The second kappa shape index (κ2) is 11.2. The van der Waals surface area contributed by atoms with E-state index in [1.807, 2.05) is 49.4 Å². The van der Waals surface area contributed by atoms with E-state index in [0.29, 0.717) is 24.7 Å². The zero-order chi connectivity index (χ0) is 26.6. The SMILES string of the molecule is CCOC(=O)c1ccc(N(CC)c2cc3c(cc2OCc2ccccc2)C(C)(C)CC=C3C(C)C)cc1. The Hall–Kier alpha value is -3.53. The van der Waals surface area contributed by atoms with Crippen molar-refractivity contribution in [3.8, 4) is 5.75 Å². The number of fused-ring (bicyclic) bond motifs is 1. The molecule has 0 atom stereocenters. The lowest BCUT2D eigenvalue weighted by Gasteiger charge is -2.36. The minimum absolute atomic E-state index is 0.0233. The number of benzene rings is 3. The van der Waals surface area contributed by atoms with Crippen LogP contribution < -0.4 is 9.64 Å². The summed E-state index contributed by atoms with van der Waals surface area (Å²) in [4.78, 5) is 14.5. The third-order valence-electron chi connectivity index (χ3n) is 7.13. The summed E-state index contributed by atoms with van der Waals surface area (Å²) in [5.41, 5.74) is 7.77. The quantitative estimate of drug-likeness (QED) is 0.279. The molecule has 4 heteroatoms. The van der Waals surface area contributed by atoms with E-state index < -0.39 is 0 Å². The van der Waals surface area contributed by atoms with Crippen LogP contribution in [0.2, 0.25) is 0 Å². The number of carbonyl (C=O) groups excluding carboxylic acids is 1. The third-order valence-corrected chi connectivity index (χ3v) is 7.13. The van der Waals surface area contributed by atoms with E-state index in [2.05, 4.69) is 69.9 Å². The van der Waals surface area contributed by atoms with E-state index in [9.17, 15) is 4.79 Å². The van der Waals surface area contributed by atoms with E-state index in [-0.39, 0.29) is 11.4 Å². The third kappa shape index (κ3) is 5.74. The van der Waals surface area contributed by atoms with Crippen molar-refractivity contribution >= 4 is 22.9 Å². The molecule has 0 heterocycles. The fourth-order valence-corrected chi connectivity index (χ4v) is 5.04. The van der Waals surface area contributed by atoms with Gasteiger partial charge in [-0.2, -0.15) is 0 Å². The number of hydrogen-bond donors (Lipinski definition) is 0. The van der Waals surface area contributed by atoms with Gasteiger partial charge in [-0.1, -0.05) is 64.1 Å². The number of anilines is 2. The predicted molar refractivity (Wildman–Crippen MR) is 153 cm³/mol. The van der Waals surface area contributed by atoms with Crippen molar-refractivity contribution in [2.45, 2.75) is 60.0 Å². The van der Waals surface area contributed by atoms with Gasteiger partial charge in [-0.15, -0.1) is 0 Å². The van der Waals surface area contributed by atoms with E-state index in [0.717, 1.165) is 35.7 Å². The Labute approximate surface area is 221 Å². The van der Waals surface area contributed by atoms with Crippen LogP contribution in [-0.2, 0) is 16.8 Å². The van der Waals surface area contributed by atoms with Crippen molar-refractivity contribution in [2.75, 3.05) is 18.1 Å². The number of allylic oxidation sites excluding steroid dienone is 2. The molecule has 0 N–H and O–H groups in total. The minimum Gasteiger partial charge on any atom is -0.487 e. The van der Waals surface area contributed by atoms with Crippen LogP contribution in [0.15, 0.2) is 72.8 Å². The van der Waals surface area contributed by atoms with Gasteiger partial charge in [0.15, 0.2) is 0 Å². The van der Waals surface area contributed by atoms with Crippen molar-refractivity contribution in [1.29, 1.82) is 0 Å². The van der Waals surface area contributed by atoms with E-state index >= 15 is 0 Å². The molecule has 1 aliphatic rings. The van der Waals surface area contributed by atoms with E-state index in [1.165, 1.54) is 16.7 Å². The van der Waals surface area contributed by atoms with E-state index in [4.69, 9.17) is 9.47 Å². The Morgan fingerprint density at radius 1 is 1.00 bits per heavy atom. The van der Waals surface area contributed by atoms with Crippen LogP contribution in [0.3, 0.4) is 0 Å². The molecular formula is C33H39NO3. The molecule has 194 valence electrons. The Morgan fingerprint density at radius 3 is 2.32 bits per heavy atom. The molecule has 3 aromatic carbocycles. The van der Waals surface area contributed by atoms with Crippen LogP contribution >= 0.6 is 0 Å². The standard InChI is InChI=1S/C33H39NO3/c1-7-34(26-16-14-25(15-17-26)32(35)36-8-2)30-20-28-27(23(3)4)18-19-33(5,6)29(28)21-31(30)37-22-24-12-10-9-11-13-24/h9-18,20-21,23H,7-8,19,22H2,1-6H3. The first-order valence-corrected chi connectivity index (χ1v) is 13.4. The van der Waals surface area contributed by atoms with Gasteiger partial charge in [0.1, 0.15) is 12.4 Å². The summed E-state index contributed by atoms with van der Waals surface area (Å²) in [5.74, 6) is 1.00. The Bertz CT molecular complexity index is 1260. The van der Waals surface area contributed by atoms with Gasteiger partial charge in [0.2, 0.25) is 0 Å². The maximum atomic E-state index is 12.2. The largest absolute Gasteiger partial charge is 0.487 e. The number of rotatable bonds is 9. The smallest absolute Gasteiger partial charge is 0.338 e. The summed E-state index contributed by atoms with van der Waals surface area (Å²) in [6, 6.07) is 22.5. The molecule has 37 heavy (non-hydrogen) atoms. The van der Waals surface area contributed by atoms with Gasteiger partial charge in [-0.25, -0.2) is 4.79 Å². The molecule has 0 saturated carbocycles. The van der Waals surface area contributed by atoms with Crippen molar-refractivity contribution in [3.63, 3.8) is 0 Å². The summed E-state index contributed by atoms with van der Waals surface area (Å²) in [6.45, 7) is 14.7. The molecule has 0 aromatic heterocycles. The first-order chi connectivity index (χ1) is 17.7. The lowest BCUT2D eigenvalue weighted by molar-refractivity contribution is 0.0526. The Balaban J connectivity index is 1.81. The summed E-state index contributed by atoms with van der Waals surface area (Å²) in [6.07, 6.45) is 3.42. The number of nitrogens with zero attached hydrogens (tertiary/aromatic N) is 1. The monoisotopic (exact) mass is 497 g/mol. The van der Waals surface area contributed by atoms with Crippen LogP contribution in [0.4, 0.5) is 11.4 Å². The maximum absolute atomic E-state index is 12.2. The molecule has 3 aromatic rings. The van der Waals surface area contributed by atoms with Gasteiger partial charge >= 0.3 is 5.97 Å². The summed E-state index contributed by atoms with van der Waals surface area (Å²) < 4.78 is 11.7. The fourth-order valence-electron chi connectivity index (χ4n) is 5.04. The molecule has 0 fully saturated rings. The molecule has 0 spiro atoms. The number of carbonyl (C=O) groups is 1. The average molecular weight is 498 g/mol. The van der Waals surface area contributed by atoms with Crippen molar-refractivity contribution in [3.05, 3.63) is 95.1 Å². The van der Waals surface area contributed by atoms with Gasteiger partial charge in [0.25, 0.3) is 0 Å². The molecule has 1 aliphatic carbocycles. The van der Waals surface area contributed by atoms with Gasteiger partial charge in [-0.3, -0.25) is 0 Å². The van der Waals surface area contributed by atoms with Crippen molar-refractivity contribution in [1.82, 2.24) is 0 Å². The number of esters is 1. The first kappa shape index (κ1) is 26.5. The van der Waals surface area contributed by atoms with Gasteiger partial charge in [-0.05, 0) is 90.3 Å². The zero-order valence-corrected chi connectivity index (χ0v) is 23.0. The summed E-state index contributed by atoms with van der Waals surface area (Å²) in [7, 11) is 0. The highest BCUT2D eigenvalue weighted by atomic mass is 16.5. The highest BCUT2D eigenvalue weighted by molar-refractivity contribution is 5.90. The minimum atomic E-state index is -0.299. The van der Waals surface area contributed by atoms with Crippen molar-refractivity contribution < 1.29 is 14.3 Å². The first-order valence-electron chi connectivity index (χ1n) is 13.4. The highest BCUT2D eigenvalue weighted by Crippen LogP contribution is 2.47. The maximum Gasteiger partial charge on any atom is 0.338 e. The lowest BCUT2D eigenvalue weighted by atomic mass is 9.71. The van der Waals surface area contributed by atoms with Crippen LogP contribution in [0, 0.1) is 5.92 Å². The summed E-state index contributed by atoms with van der Waals surface area (Å²) >= 11 is 0. The molecule has 4 nitrogen and oxygen atoms in total. The van der Waals surface area contributed by atoms with Crippen LogP contribution in [-0.4, -0.2) is 19.1 Å². The van der Waals surface area contributed by atoms with Gasteiger partial charge < -0.3 is 14.4 Å². The highest BCUT2D eigenvalue weighted by Gasteiger charge is 2.31. The lowest BCUT2D eigenvalue weighted by Crippen LogP contribution is -2.24. The summed E-state index contributed by atoms with van der Waals surface area (Å²) in [5, 5.41) is 0. The Morgan fingerprint density at radius 2 is 1.70 bits per heavy atom. The average Bonchev–Trinajstić information content (AvgIpc) is 2.89.